The maximum absolute atomic E-state index is 12.8. The first-order chi connectivity index (χ1) is 12.2. The Morgan fingerprint density at radius 1 is 1.00 bits per heavy atom. The molecule has 1 aromatic carbocycles. The van der Waals surface area contributed by atoms with E-state index >= 15 is 0 Å². The third-order valence-electron chi connectivity index (χ3n) is 4.29. The Kier molecular flexibility index (Phi) is 4.85. The van der Waals surface area contributed by atoms with Crippen LogP contribution in [0.15, 0.2) is 30.3 Å². The monoisotopic (exact) mass is 355 g/mol. The number of benzene rings is 1. The average Bonchev–Trinajstić information content (AvgIpc) is 2.59. The third kappa shape index (κ3) is 4.12. The summed E-state index contributed by atoms with van der Waals surface area (Å²) in [5, 5.41) is 0.953. The molecule has 138 valence electrons. The second-order valence-electron chi connectivity index (χ2n) is 7.62. The molecule has 0 bridgehead atoms. The summed E-state index contributed by atoms with van der Waals surface area (Å²) >= 11 is 0. The molecule has 2 aromatic rings. The lowest BCUT2D eigenvalue weighted by Gasteiger charge is -2.35. The molecule has 1 aromatic heterocycles. The fraction of sp³-hybridized carbons (Fsp3) is 0.450. The van der Waals surface area contributed by atoms with E-state index in [1.807, 2.05) is 58.0 Å². The van der Waals surface area contributed by atoms with Crippen molar-refractivity contribution in [1.29, 1.82) is 0 Å². The first kappa shape index (κ1) is 18.2. The molecular formula is C20H25N3O3. The number of pyridine rings is 1. The van der Waals surface area contributed by atoms with Crippen molar-refractivity contribution in [3.63, 3.8) is 0 Å². The topological polar surface area (TPSA) is 62.7 Å². The molecule has 0 radical (unpaired) electrons. The maximum atomic E-state index is 12.8. The van der Waals surface area contributed by atoms with Gasteiger partial charge in [0.05, 0.1) is 5.52 Å². The molecule has 26 heavy (non-hydrogen) atoms. The van der Waals surface area contributed by atoms with Gasteiger partial charge in [-0.15, -0.1) is 0 Å². The first-order valence-corrected chi connectivity index (χ1v) is 8.87. The molecule has 2 amide bonds. The number of ether oxygens (including phenoxy) is 1. The predicted octanol–water partition coefficient (Wildman–Crippen LogP) is 3.24. The summed E-state index contributed by atoms with van der Waals surface area (Å²) in [6.07, 6.45) is -0.322. The van der Waals surface area contributed by atoms with Crippen molar-refractivity contribution in [3.05, 3.63) is 41.6 Å². The zero-order valence-corrected chi connectivity index (χ0v) is 15.8. The van der Waals surface area contributed by atoms with Gasteiger partial charge in [0, 0.05) is 42.8 Å². The molecule has 0 N–H and O–H groups in total. The van der Waals surface area contributed by atoms with Crippen LogP contribution < -0.4 is 0 Å². The zero-order chi connectivity index (χ0) is 18.9. The number of fused-ring (bicyclic) bond motifs is 1. The molecular weight excluding hydrogens is 330 g/mol. The molecule has 0 atom stereocenters. The van der Waals surface area contributed by atoms with Gasteiger partial charge in [-0.3, -0.25) is 9.78 Å². The van der Waals surface area contributed by atoms with Crippen molar-refractivity contribution in [2.75, 3.05) is 26.2 Å². The van der Waals surface area contributed by atoms with Gasteiger partial charge in [0.1, 0.15) is 5.60 Å². The third-order valence-corrected chi connectivity index (χ3v) is 4.29. The molecule has 3 rings (SSSR count). The Morgan fingerprint density at radius 2 is 1.65 bits per heavy atom. The maximum Gasteiger partial charge on any atom is 0.410 e. The summed E-state index contributed by atoms with van der Waals surface area (Å²) in [7, 11) is 0. The van der Waals surface area contributed by atoms with E-state index in [0.29, 0.717) is 31.7 Å². The number of aryl methyl sites for hydroxylation is 1. The summed E-state index contributed by atoms with van der Waals surface area (Å²) < 4.78 is 5.39. The highest BCUT2D eigenvalue weighted by atomic mass is 16.6. The second-order valence-corrected chi connectivity index (χ2v) is 7.62. The van der Waals surface area contributed by atoms with Crippen LogP contribution in [0, 0.1) is 6.92 Å². The average molecular weight is 355 g/mol. The fourth-order valence-electron chi connectivity index (χ4n) is 2.96. The standard InChI is InChI=1S/C20H25N3O3/c1-14-5-6-15-13-16(7-8-17(15)21-14)18(24)22-9-11-23(12-10-22)19(25)26-20(2,3)4/h5-8,13H,9-12H2,1-4H3. The number of hydrogen-bond donors (Lipinski definition) is 0. The molecule has 6 heteroatoms. The molecule has 1 saturated heterocycles. The highest BCUT2D eigenvalue weighted by Gasteiger charge is 2.28. The van der Waals surface area contributed by atoms with Crippen LogP contribution >= 0.6 is 0 Å². The van der Waals surface area contributed by atoms with Crippen LogP contribution in [0.2, 0.25) is 0 Å². The summed E-state index contributed by atoms with van der Waals surface area (Å²) in [4.78, 5) is 32.8. The van der Waals surface area contributed by atoms with Crippen LogP contribution in [0.3, 0.4) is 0 Å². The van der Waals surface area contributed by atoms with Gasteiger partial charge in [-0.25, -0.2) is 4.79 Å². The van der Waals surface area contributed by atoms with Crippen molar-refractivity contribution >= 4 is 22.9 Å². The predicted molar refractivity (Wildman–Crippen MR) is 100 cm³/mol. The Balaban J connectivity index is 1.65. The highest BCUT2D eigenvalue weighted by Crippen LogP contribution is 2.18. The van der Waals surface area contributed by atoms with E-state index in [4.69, 9.17) is 4.74 Å². The van der Waals surface area contributed by atoms with Crippen LogP contribution in [-0.4, -0.2) is 58.6 Å². The molecule has 1 aliphatic heterocycles. The molecule has 2 heterocycles. The summed E-state index contributed by atoms with van der Waals surface area (Å²) in [6.45, 7) is 9.46. The van der Waals surface area contributed by atoms with Crippen molar-refractivity contribution in [3.8, 4) is 0 Å². The number of nitrogens with zero attached hydrogens (tertiary/aromatic N) is 3. The van der Waals surface area contributed by atoms with E-state index in [2.05, 4.69) is 4.98 Å². The van der Waals surface area contributed by atoms with E-state index in [9.17, 15) is 9.59 Å². The number of hydrogen-bond acceptors (Lipinski definition) is 4. The van der Waals surface area contributed by atoms with Gasteiger partial charge < -0.3 is 14.5 Å². The number of rotatable bonds is 1. The van der Waals surface area contributed by atoms with E-state index in [-0.39, 0.29) is 12.0 Å². The van der Waals surface area contributed by atoms with Crippen LogP contribution in [0.4, 0.5) is 4.79 Å². The first-order valence-electron chi connectivity index (χ1n) is 8.87. The Hall–Kier alpha value is -2.63. The Bertz CT molecular complexity index is 834. The molecule has 0 aliphatic carbocycles. The minimum absolute atomic E-state index is 0.0173. The molecule has 6 nitrogen and oxygen atoms in total. The smallest absolute Gasteiger partial charge is 0.410 e. The van der Waals surface area contributed by atoms with Gasteiger partial charge >= 0.3 is 6.09 Å². The zero-order valence-electron chi connectivity index (χ0n) is 15.8. The van der Waals surface area contributed by atoms with Gasteiger partial charge in [-0.2, -0.15) is 0 Å². The van der Waals surface area contributed by atoms with Gasteiger partial charge in [-0.1, -0.05) is 6.07 Å². The molecule has 1 fully saturated rings. The van der Waals surface area contributed by atoms with Gasteiger partial charge in [0.25, 0.3) is 5.91 Å². The normalized spacial score (nSPS) is 15.2. The fourth-order valence-corrected chi connectivity index (χ4v) is 2.96. The molecule has 0 spiro atoms. The molecule has 0 saturated carbocycles. The highest BCUT2D eigenvalue weighted by molar-refractivity contribution is 5.98. The van der Waals surface area contributed by atoms with Crippen LogP contribution in [0.25, 0.3) is 10.9 Å². The minimum atomic E-state index is -0.512. The summed E-state index contributed by atoms with van der Waals surface area (Å²) in [6, 6.07) is 9.50. The molecule has 0 unspecified atom stereocenters. The van der Waals surface area contributed by atoms with E-state index in [1.165, 1.54) is 0 Å². The lowest BCUT2D eigenvalue weighted by molar-refractivity contribution is 0.0141. The van der Waals surface area contributed by atoms with Gasteiger partial charge in [0.2, 0.25) is 0 Å². The van der Waals surface area contributed by atoms with Crippen LogP contribution in [0.5, 0.6) is 0 Å². The van der Waals surface area contributed by atoms with Gasteiger partial charge in [-0.05, 0) is 52.0 Å². The van der Waals surface area contributed by atoms with Gasteiger partial charge in [0.15, 0.2) is 0 Å². The van der Waals surface area contributed by atoms with Crippen LogP contribution in [0.1, 0.15) is 36.8 Å². The van der Waals surface area contributed by atoms with E-state index in [0.717, 1.165) is 16.6 Å². The SMILES string of the molecule is Cc1ccc2cc(C(=O)N3CCN(C(=O)OC(C)(C)C)CC3)ccc2n1. The number of carbonyl (C=O) groups is 2. The molecule has 1 aliphatic rings. The van der Waals surface area contributed by atoms with Crippen molar-refractivity contribution in [1.82, 2.24) is 14.8 Å². The lowest BCUT2D eigenvalue weighted by atomic mass is 10.1. The second kappa shape index (κ2) is 6.94. The summed E-state index contributed by atoms with van der Waals surface area (Å²) in [5.74, 6) is -0.0173. The van der Waals surface area contributed by atoms with Crippen molar-refractivity contribution < 1.29 is 14.3 Å². The largest absolute Gasteiger partial charge is 0.444 e. The minimum Gasteiger partial charge on any atom is -0.444 e. The van der Waals surface area contributed by atoms with E-state index in [1.54, 1.807) is 9.80 Å². The number of piperazine rings is 1. The lowest BCUT2D eigenvalue weighted by Crippen LogP contribution is -2.51. The summed E-state index contributed by atoms with van der Waals surface area (Å²) in [5.41, 5.74) is 1.97. The quantitative estimate of drug-likeness (QED) is 0.788. The Labute approximate surface area is 153 Å². The number of amides is 2. The number of carbonyl (C=O) groups excluding carboxylic acids is 2. The van der Waals surface area contributed by atoms with Crippen molar-refractivity contribution in [2.24, 2.45) is 0 Å². The van der Waals surface area contributed by atoms with Crippen molar-refractivity contribution in [2.45, 2.75) is 33.3 Å². The Morgan fingerprint density at radius 3 is 2.31 bits per heavy atom. The number of aromatic nitrogens is 1. The van der Waals surface area contributed by atoms with E-state index < -0.39 is 5.60 Å². The van der Waals surface area contributed by atoms with Crippen LogP contribution in [-0.2, 0) is 4.74 Å².